The maximum Gasteiger partial charge on any atom is 0.243 e. The van der Waals surface area contributed by atoms with Crippen molar-refractivity contribution in [2.45, 2.75) is 82.3 Å². The highest BCUT2D eigenvalue weighted by Crippen LogP contribution is 2.39. The molecule has 3 fully saturated rings. The van der Waals surface area contributed by atoms with Crippen molar-refractivity contribution in [1.82, 2.24) is 10.4 Å². The number of hydrogen-bond donors (Lipinski definition) is 4. The molecular weight excluding hydrogens is 554 g/mol. The standard InChI is InChI=1S/C32H43N3O8/c36-22-23-9-11-24(12-10-23)28-20-27(21-35-15-13-32(14-16-35)40-17-18-41-32)42-31(43-28)25-5-4-6-26(19-25)33-29(37)7-2-1-3-8-30(38)34-39/h4-6,9-12,19,27-28,31,36,39H,1-3,7-8,13-18,20-22H2,(H,33,37)(H,34,38)/t27-,28+,31+/m1/s1. The summed E-state index contributed by atoms with van der Waals surface area (Å²) in [4.78, 5) is 26.1. The molecule has 1 spiro atoms. The Bertz CT molecular complexity index is 1190. The Kier molecular flexibility index (Phi) is 11.1. The van der Waals surface area contributed by atoms with Gasteiger partial charge in [-0.05, 0) is 36.1 Å². The lowest BCUT2D eigenvalue weighted by atomic mass is 9.98. The molecule has 3 heterocycles. The molecule has 11 heteroatoms. The normalized spacial score (nSPS) is 23.7. The summed E-state index contributed by atoms with van der Waals surface area (Å²) in [5.74, 6) is -0.946. The van der Waals surface area contributed by atoms with Crippen LogP contribution in [-0.2, 0) is 35.1 Å². The second-order valence-corrected chi connectivity index (χ2v) is 11.5. The molecule has 43 heavy (non-hydrogen) atoms. The zero-order valence-electron chi connectivity index (χ0n) is 24.5. The maximum absolute atomic E-state index is 12.6. The van der Waals surface area contributed by atoms with Gasteiger partial charge in [-0.1, -0.05) is 42.8 Å². The topological polar surface area (TPSA) is 139 Å². The SMILES string of the molecule is O=C(CCCCCC(=O)Nc1cccc([C@H]2O[C@@H](CN3CCC4(CC3)OCCO4)C[C@@H](c3ccc(CO)cc3)O2)c1)NO. The summed E-state index contributed by atoms with van der Waals surface area (Å²) in [6.07, 6.45) is 4.02. The average molecular weight is 598 g/mol. The lowest BCUT2D eigenvalue weighted by molar-refractivity contribution is -0.255. The number of likely N-dealkylation sites (tertiary alicyclic amines) is 1. The Hall–Kier alpha value is -2.90. The van der Waals surface area contributed by atoms with E-state index in [9.17, 15) is 14.7 Å². The van der Waals surface area contributed by atoms with E-state index in [-0.39, 0.29) is 31.1 Å². The van der Waals surface area contributed by atoms with Gasteiger partial charge in [0, 0.05) is 63.0 Å². The lowest BCUT2D eigenvalue weighted by Gasteiger charge is -2.41. The van der Waals surface area contributed by atoms with Crippen molar-refractivity contribution < 1.29 is 38.9 Å². The summed E-state index contributed by atoms with van der Waals surface area (Å²) in [6, 6.07) is 15.4. The van der Waals surface area contributed by atoms with Gasteiger partial charge >= 0.3 is 0 Å². The first-order valence-electron chi connectivity index (χ1n) is 15.3. The van der Waals surface area contributed by atoms with Crippen molar-refractivity contribution in [3.63, 3.8) is 0 Å². The Labute approximate surface area is 252 Å². The molecule has 2 aromatic carbocycles. The van der Waals surface area contributed by atoms with Gasteiger partial charge in [-0.15, -0.1) is 0 Å². The number of nitrogens with one attached hydrogen (secondary N) is 2. The van der Waals surface area contributed by atoms with Gasteiger partial charge in [0.25, 0.3) is 0 Å². The number of piperidine rings is 1. The van der Waals surface area contributed by atoms with Crippen molar-refractivity contribution >= 4 is 17.5 Å². The van der Waals surface area contributed by atoms with Gasteiger partial charge in [-0.25, -0.2) is 5.48 Å². The molecule has 0 saturated carbocycles. The third kappa shape index (κ3) is 8.82. The van der Waals surface area contributed by atoms with Gasteiger partial charge < -0.3 is 34.3 Å². The number of carbonyl (C=O) groups excluding carboxylic acids is 2. The van der Waals surface area contributed by atoms with Gasteiger partial charge in [-0.3, -0.25) is 14.8 Å². The molecule has 0 aromatic heterocycles. The average Bonchev–Trinajstić information content (AvgIpc) is 3.50. The number of unbranched alkanes of at least 4 members (excludes halogenated alkanes) is 2. The molecule has 0 unspecified atom stereocenters. The van der Waals surface area contributed by atoms with Crippen LogP contribution in [0.2, 0.25) is 0 Å². The second kappa shape index (κ2) is 15.2. The van der Waals surface area contributed by atoms with Crippen molar-refractivity contribution in [2.24, 2.45) is 0 Å². The maximum atomic E-state index is 12.6. The zero-order valence-corrected chi connectivity index (χ0v) is 24.5. The first kappa shape index (κ1) is 31.5. The van der Waals surface area contributed by atoms with Gasteiger partial charge in [0.1, 0.15) is 0 Å². The van der Waals surface area contributed by atoms with Crippen molar-refractivity contribution in [3.8, 4) is 0 Å². The molecule has 0 aliphatic carbocycles. The van der Waals surface area contributed by atoms with E-state index < -0.39 is 18.0 Å². The molecule has 0 radical (unpaired) electrons. The number of hydroxylamine groups is 1. The number of nitrogens with zero attached hydrogens (tertiary/aromatic N) is 1. The van der Waals surface area contributed by atoms with Crippen molar-refractivity contribution in [2.75, 3.05) is 38.2 Å². The second-order valence-electron chi connectivity index (χ2n) is 11.5. The highest BCUT2D eigenvalue weighted by atomic mass is 16.7. The number of ether oxygens (including phenoxy) is 4. The predicted molar refractivity (Wildman–Crippen MR) is 157 cm³/mol. The minimum atomic E-state index is -0.617. The largest absolute Gasteiger partial charge is 0.392 e. The molecule has 3 aliphatic rings. The fourth-order valence-corrected chi connectivity index (χ4v) is 5.97. The fraction of sp³-hybridized carbons (Fsp3) is 0.562. The molecule has 5 rings (SSSR count). The molecule has 11 nitrogen and oxygen atoms in total. The van der Waals surface area contributed by atoms with Crippen molar-refractivity contribution in [3.05, 3.63) is 65.2 Å². The summed E-state index contributed by atoms with van der Waals surface area (Å²) in [5, 5.41) is 21.0. The minimum Gasteiger partial charge on any atom is -0.392 e. The van der Waals surface area contributed by atoms with Crippen LogP contribution in [-0.4, -0.2) is 71.8 Å². The Morgan fingerprint density at radius 3 is 2.33 bits per heavy atom. The van der Waals surface area contributed by atoms with Crippen LogP contribution >= 0.6 is 0 Å². The monoisotopic (exact) mass is 597 g/mol. The summed E-state index contributed by atoms with van der Waals surface area (Å²) in [7, 11) is 0. The van der Waals surface area contributed by atoms with Crippen molar-refractivity contribution in [1.29, 1.82) is 0 Å². The van der Waals surface area contributed by atoms with E-state index in [1.54, 1.807) is 5.48 Å². The van der Waals surface area contributed by atoms with Crippen LogP contribution < -0.4 is 10.8 Å². The summed E-state index contributed by atoms with van der Waals surface area (Å²) < 4.78 is 24.8. The molecular formula is C32H43N3O8. The van der Waals surface area contributed by atoms with E-state index in [0.717, 1.165) is 49.2 Å². The number of aliphatic hydroxyl groups excluding tert-OH is 1. The van der Waals surface area contributed by atoms with Gasteiger partial charge in [0.2, 0.25) is 11.8 Å². The molecule has 0 bridgehead atoms. The molecule has 2 amide bonds. The Morgan fingerprint density at radius 1 is 0.907 bits per heavy atom. The summed E-state index contributed by atoms with van der Waals surface area (Å²) >= 11 is 0. The minimum absolute atomic E-state index is 0.0105. The number of anilines is 1. The van der Waals surface area contributed by atoms with Gasteiger partial charge in [-0.2, -0.15) is 0 Å². The third-order valence-corrected chi connectivity index (χ3v) is 8.38. The molecule has 234 valence electrons. The molecule has 3 aliphatic heterocycles. The Balaban J connectivity index is 1.21. The van der Waals surface area contributed by atoms with Crippen LogP contribution in [0.1, 0.15) is 80.5 Å². The summed E-state index contributed by atoms with van der Waals surface area (Å²) in [6.45, 7) is 3.81. The third-order valence-electron chi connectivity index (χ3n) is 8.38. The zero-order chi connectivity index (χ0) is 30.1. The number of rotatable bonds is 12. The summed E-state index contributed by atoms with van der Waals surface area (Å²) in [5.41, 5.74) is 4.98. The van der Waals surface area contributed by atoms with Crippen LogP contribution in [0, 0.1) is 0 Å². The first-order chi connectivity index (χ1) is 20.9. The number of aliphatic hydroxyl groups is 1. The van der Waals surface area contributed by atoms with Crippen LogP contribution in [0.3, 0.4) is 0 Å². The number of amides is 2. The molecule has 2 aromatic rings. The lowest BCUT2D eigenvalue weighted by Crippen LogP contribution is -2.48. The highest BCUT2D eigenvalue weighted by Gasteiger charge is 2.41. The smallest absolute Gasteiger partial charge is 0.243 e. The first-order valence-corrected chi connectivity index (χ1v) is 15.3. The number of hydrogen-bond acceptors (Lipinski definition) is 9. The van der Waals surface area contributed by atoms with Crippen LogP contribution in [0.4, 0.5) is 5.69 Å². The van der Waals surface area contributed by atoms with E-state index in [1.807, 2.05) is 48.5 Å². The van der Waals surface area contributed by atoms with E-state index in [1.165, 1.54) is 0 Å². The predicted octanol–water partition coefficient (Wildman–Crippen LogP) is 3.96. The van der Waals surface area contributed by atoms with E-state index in [2.05, 4.69) is 10.2 Å². The van der Waals surface area contributed by atoms with E-state index in [0.29, 0.717) is 51.0 Å². The number of carbonyl (C=O) groups is 2. The molecule has 3 saturated heterocycles. The number of benzene rings is 2. The van der Waals surface area contributed by atoms with E-state index >= 15 is 0 Å². The fourth-order valence-electron chi connectivity index (χ4n) is 5.97. The highest BCUT2D eigenvalue weighted by molar-refractivity contribution is 5.90. The van der Waals surface area contributed by atoms with Gasteiger partial charge in [0.05, 0.1) is 32.0 Å². The van der Waals surface area contributed by atoms with E-state index in [4.69, 9.17) is 24.2 Å². The van der Waals surface area contributed by atoms with Crippen LogP contribution in [0.15, 0.2) is 48.5 Å². The molecule has 4 N–H and O–H groups in total. The van der Waals surface area contributed by atoms with Crippen LogP contribution in [0.5, 0.6) is 0 Å². The Morgan fingerprint density at radius 2 is 1.63 bits per heavy atom. The quantitative estimate of drug-likeness (QED) is 0.163. The van der Waals surface area contributed by atoms with Crippen LogP contribution in [0.25, 0.3) is 0 Å². The molecule has 3 atom stereocenters. The van der Waals surface area contributed by atoms with Gasteiger partial charge in [0.15, 0.2) is 12.1 Å².